The van der Waals surface area contributed by atoms with Crippen LogP contribution in [-0.4, -0.2) is 41.3 Å². The number of hydrogen-bond donors (Lipinski definition) is 2. The number of nitrogens with one attached hydrogen (secondary N) is 2. The molecular weight excluding hydrogens is 302 g/mol. The number of amides is 2. The standard InChI is InChI=1S/C19H23N3O2/c1-13(23)22-9-7-19(10-15(19)12-22)18(24)20-8-6-14-11-21-17-5-3-2-4-16(14)17/h2-5,11,15,21H,6-10,12H2,1H3,(H,20,24)/t15-,19+/m0/s1. The Bertz CT molecular complexity index is 797. The second-order valence-electron chi connectivity index (χ2n) is 7.14. The summed E-state index contributed by atoms with van der Waals surface area (Å²) < 4.78 is 0. The second kappa shape index (κ2) is 5.65. The minimum Gasteiger partial charge on any atom is -0.361 e. The highest BCUT2D eigenvalue weighted by atomic mass is 16.2. The number of carbonyl (C=O) groups is 2. The molecule has 1 saturated heterocycles. The van der Waals surface area contributed by atoms with E-state index in [0.29, 0.717) is 19.0 Å². The van der Waals surface area contributed by atoms with Gasteiger partial charge >= 0.3 is 0 Å². The molecule has 4 rings (SSSR count). The summed E-state index contributed by atoms with van der Waals surface area (Å²) in [4.78, 5) is 29.2. The summed E-state index contributed by atoms with van der Waals surface area (Å²) in [5.74, 6) is 0.647. The summed E-state index contributed by atoms with van der Waals surface area (Å²) in [5.41, 5.74) is 2.17. The van der Waals surface area contributed by atoms with Crippen LogP contribution >= 0.6 is 0 Å². The number of para-hydroxylation sites is 1. The first kappa shape index (κ1) is 15.2. The number of rotatable bonds is 4. The van der Waals surface area contributed by atoms with Gasteiger partial charge in [0, 0.05) is 43.7 Å². The summed E-state index contributed by atoms with van der Waals surface area (Å²) in [6.45, 7) is 3.72. The van der Waals surface area contributed by atoms with Crippen molar-refractivity contribution in [2.45, 2.75) is 26.2 Å². The Labute approximate surface area is 141 Å². The molecule has 2 aliphatic rings. The summed E-state index contributed by atoms with van der Waals surface area (Å²) in [6, 6.07) is 8.23. The molecule has 0 bridgehead atoms. The molecule has 1 aliphatic carbocycles. The predicted octanol–water partition coefficient (Wildman–Crippen LogP) is 2.09. The molecule has 1 aromatic carbocycles. The van der Waals surface area contributed by atoms with E-state index in [4.69, 9.17) is 0 Å². The lowest BCUT2D eigenvalue weighted by Gasteiger charge is -2.30. The molecule has 24 heavy (non-hydrogen) atoms. The minimum absolute atomic E-state index is 0.121. The third kappa shape index (κ3) is 2.48. The van der Waals surface area contributed by atoms with Crippen molar-refractivity contribution >= 4 is 22.7 Å². The van der Waals surface area contributed by atoms with Crippen molar-refractivity contribution in [1.82, 2.24) is 15.2 Å². The number of hydrogen-bond acceptors (Lipinski definition) is 2. The largest absolute Gasteiger partial charge is 0.361 e. The van der Waals surface area contributed by atoms with Gasteiger partial charge in [0.1, 0.15) is 0 Å². The van der Waals surface area contributed by atoms with Crippen molar-refractivity contribution in [3.63, 3.8) is 0 Å². The Morgan fingerprint density at radius 1 is 1.38 bits per heavy atom. The summed E-state index contributed by atoms with van der Waals surface area (Å²) >= 11 is 0. The molecule has 2 N–H and O–H groups in total. The lowest BCUT2D eigenvalue weighted by atomic mass is 9.94. The number of H-pyrrole nitrogens is 1. The Balaban J connectivity index is 1.33. The molecule has 2 fully saturated rings. The highest BCUT2D eigenvalue weighted by Crippen LogP contribution is 2.58. The third-order valence-corrected chi connectivity index (χ3v) is 5.75. The van der Waals surface area contributed by atoms with E-state index in [1.807, 2.05) is 23.2 Å². The Morgan fingerprint density at radius 2 is 2.21 bits per heavy atom. The van der Waals surface area contributed by atoms with Crippen molar-refractivity contribution in [3.05, 3.63) is 36.0 Å². The van der Waals surface area contributed by atoms with Crippen molar-refractivity contribution in [1.29, 1.82) is 0 Å². The third-order valence-electron chi connectivity index (χ3n) is 5.75. The van der Waals surface area contributed by atoms with Crippen LogP contribution in [0.3, 0.4) is 0 Å². The molecule has 2 aromatic rings. The molecule has 0 spiro atoms. The van der Waals surface area contributed by atoms with Crippen LogP contribution in [0.1, 0.15) is 25.3 Å². The van der Waals surface area contributed by atoms with Crippen LogP contribution in [-0.2, 0) is 16.0 Å². The van der Waals surface area contributed by atoms with Crippen molar-refractivity contribution in [2.24, 2.45) is 11.3 Å². The minimum atomic E-state index is -0.202. The summed E-state index contributed by atoms with van der Waals surface area (Å²) in [5, 5.41) is 4.35. The van der Waals surface area contributed by atoms with Crippen LogP contribution in [0.25, 0.3) is 10.9 Å². The van der Waals surface area contributed by atoms with E-state index < -0.39 is 0 Å². The first-order chi connectivity index (χ1) is 11.6. The van der Waals surface area contributed by atoms with Gasteiger partial charge in [0.15, 0.2) is 0 Å². The molecule has 1 saturated carbocycles. The maximum Gasteiger partial charge on any atom is 0.226 e. The summed E-state index contributed by atoms with van der Waals surface area (Å²) in [7, 11) is 0. The number of piperidine rings is 1. The molecule has 5 nitrogen and oxygen atoms in total. The number of carbonyl (C=O) groups excluding carboxylic acids is 2. The Hall–Kier alpha value is -2.30. The van der Waals surface area contributed by atoms with Gasteiger partial charge in [0.2, 0.25) is 11.8 Å². The van der Waals surface area contributed by atoms with Gasteiger partial charge in [0.05, 0.1) is 5.41 Å². The van der Waals surface area contributed by atoms with Gasteiger partial charge in [-0.25, -0.2) is 0 Å². The van der Waals surface area contributed by atoms with E-state index >= 15 is 0 Å². The van der Waals surface area contributed by atoms with Gasteiger partial charge in [-0.05, 0) is 36.8 Å². The van der Waals surface area contributed by atoms with E-state index in [0.717, 1.165) is 31.3 Å². The van der Waals surface area contributed by atoms with E-state index in [1.54, 1.807) is 6.92 Å². The fraction of sp³-hybridized carbons (Fsp3) is 0.474. The van der Waals surface area contributed by atoms with E-state index in [-0.39, 0.29) is 17.2 Å². The SMILES string of the molecule is CC(=O)N1CC[C@@]2(C(=O)NCCc3c[nH]c4ccccc34)C[C@H]2C1. The van der Waals surface area contributed by atoms with E-state index in [2.05, 4.69) is 22.4 Å². The smallest absolute Gasteiger partial charge is 0.226 e. The lowest BCUT2D eigenvalue weighted by Crippen LogP contribution is -2.44. The normalized spacial score (nSPS) is 25.4. The number of nitrogens with zero attached hydrogens (tertiary/aromatic N) is 1. The molecule has 2 heterocycles. The number of aromatic amines is 1. The molecule has 5 heteroatoms. The summed E-state index contributed by atoms with van der Waals surface area (Å²) in [6.07, 6.45) is 4.59. The van der Waals surface area contributed by atoms with Gasteiger partial charge in [0.25, 0.3) is 0 Å². The quantitative estimate of drug-likeness (QED) is 0.904. The van der Waals surface area contributed by atoms with Crippen LogP contribution in [0.2, 0.25) is 0 Å². The van der Waals surface area contributed by atoms with Gasteiger partial charge in [-0.1, -0.05) is 18.2 Å². The lowest BCUT2D eigenvalue weighted by molar-refractivity contribution is -0.134. The molecule has 0 unspecified atom stereocenters. The van der Waals surface area contributed by atoms with Gasteiger partial charge < -0.3 is 15.2 Å². The van der Waals surface area contributed by atoms with Gasteiger partial charge in [-0.3, -0.25) is 9.59 Å². The van der Waals surface area contributed by atoms with Crippen LogP contribution in [0.5, 0.6) is 0 Å². The second-order valence-corrected chi connectivity index (χ2v) is 7.14. The number of fused-ring (bicyclic) bond motifs is 2. The fourth-order valence-corrected chi connectivity index (χ4v) is 4.12. The fourth-order valence-electron chi connectivity index (χ4n) is 4.12. The van der Waals surface area contributed by atoms with Gasteiger partial charge in [-0.15, -0.1) is 0 Å². The zero-order valence-electron chi connectivity index (χ0n) is 14.0. The molecular formula is C19H23N3O2. The maximum atomic E-state index is 12.6. The predicted molar refractivity (Wildman–Crippen MR) is 92.4 cm³/mol. The first-order valence-corrected chi connectivity index (χ1v) is 8.69. The number of benzene rings is 1. The Morgan fingerprint density at radius 3 is 3.00 bits per heavy atom. The average molecular weight is 325 g/mol. The zero-order valence-corrected chi connectivity index (χ0v) is 14.0. The molecule has 0 radical (unpaired) electrons. The number of likely N-dealkylation sites (tertiary alicyclic amines) is 1. The van der Waals surface area contributed by atoms with Crippen LogP contribution in [0, 0.1) is 11.3 Å². The first-order valence-electron chi connectivity index (χ1n) is 8.69. The topological polar surface area (TPSA) is 65.2 Å². The van der Waals surface area contributed by atoms with Crippen molar-refractivity contribution < 1.29 is 9.59 Å². The van der Waals surface area contributed by atoms with Crippen LogP contribution in [0.15, 0.2) is 30.5 Å². The zero-order chi connectivity index (χ0) is 16.7. The molecule has 2 atom stereocenters. The van der Waals surface area contributed by atoms with Crippen LogP contribution in [0.4, 0.5) is 0 Å². The highest BCUT2D eigenvalue weighted by molar-refractivity contribution is 5.87. The molecule has 1 aliphatic heterocycles. The number of aromatic nitrogens is 1. The molecule has 2 amide bonds. The van der Waals surface area contributed by atoms with Crippen molar-refractivity contribution in [2.75, 3.05) is 19.6 Å². The van der Waals surface area contributed by atoms with E-state index in [9.17, 15) is 9.59 Å². The van der Waals surface area contributed by atoms with Crippen LogP contribution < -0.4 is 5.32 Å². The average Bonchev–Trinajstić information content (AvgIpc) is 3.20. The van der Waals surface area contributed by atoms with Gasteiger partial charge in [-0.2, -0.15) is 0 Å². The van der Waals surface area contributed by atoms with E-state index in [1.165, 1.54) is 10.9 Å². The monoisotopic (exact) mass is 325 g/mol. The van der Waals surface area contributed by atoms with Crippen molar-refractivity contribution in [3.8, 4) is 0 Å². The highest BCUT2D eigenvalue weighted by Gasteiger charge is 2.61. The Kier molecular flexibility index (Phi) is 3.59. The molecule has 126 valence electrons. The maximum absolute atomic E-state index is 12.6. The molecule has 1 aromatic heterocycles.